The largest absolute Gasteiger partial charge is 0.344 e. The Labute approximate surface area is 280 Å². The van der Waals surface area contributed by atoms with Crippen LogP contribution >= 0.6 is 22.7 Å². The summed E-state index contributed by atoms with van der Waals surface area (Å²) in [5, 5.41) is 25.1. The lowest BCUT2D eigenvalue weighted by Gasteiger charge is -2.39. The van der Waals surface area contributed by atoms with Gasteiger partial charge in [-0.15, -0.1) is 20.4 Å². The number of alkyl halides is 4. The molecule has 252 valence electrons. The maximum Gasteiger partial charge on any atom is 0.282 e. The van der Waals surface area contributed by atoms with Crippen LogP contribution in [0.4, 0.5) is 39.5 Å². The molecule has 2 unspecified atom stereocenters. The van der Waals surface area contributed by atoms with Crippen LogP contribution in [0.25, 0.3) is 0 Å². The second-order valence-electron chi connectivity index (χ2n) is 12.4. The Morgan fingerprint density at radius 3 is 1.52 bits per heavy atom. The highest BCUT2D eigenvalue weighted by Crippen LogP contribution is 2.43. The number of carbonyl (C=O) groups excluding carboxylic acids is 2. The lowest BCUT2D eigenvalue weighted by Crippen LogP contribution is -2.56. The molecular weight excluding hydrogens is 673 g/mol. The first-order chi connectivity index (χ1) is 23.0. The van der Waals surface area contributed by atoms with Crippen molar-refractivity contribution in [2.45, 2.75) is 62.2 Å². The molecule has 12 nitrogen and oxygen atoms in total. The summed E-state index contributed by atoms with van der Waals surface area (Å²) in [6.45, 7) is -1.42. The fraction of sp³-hybridized carbons (Fsp3) is 0.467. The smallest absolute Gasteiger partial charge is 0.282 e. The van der Waals surface area contributed by atoms with Gasteiger partial charge in [0.25, 0.3) is 11.8 Å². The van der Waals surface area contributed by atoms with E-state index in [0.29, 0.717) is 33.0 Å². The Morgan fingerprint density at radius 2 is 1.15 bits per heavy atom. The van der Waals surface area contributed by atoms with Crippen molar-refractivity contribution >= 4 is 56.4 Å². The Hall–Kier alpha value is -4.32. The average Bonchev–Trinajstić information content (AvgIpc) is 3.69. The zero-order chi connectivity index (χ0) is 33.5. The van der Waals surface area contributed by atoms with E-state index >= 15 is 0 Å². The second-order valence-corrected chi connectivity index (χ2v) is 14.4. The first-order valence-electron chi connectivity index (χ1n) is 15.4. The van der Waals surface area contributed by atoms with Crippen LogP contribution < -0.4 is 20.4 Å². The number of nitrogens with zero attached hydrogens (tertiary/aromatic N) is 8. The second kappa shape index (κ2) is 12.9. The summed E-state index contributed by atoms with van der Waals surface area (Å²) >= 11 is 2.67. The number of nitrogens with one attached hydrogen (secondary N) is 2. The van der Waals surface area contributed by atoms with Gasteiger partial charge in [-0.25, -0.2) is 27.5 Å². The van der Waals surface area contributed by atoms with Crippen LogP contribution in [-0.2, 0) is 22.4 Å². The monoisotopic (exact) mass is 702 g/mol. The zero-order valence-electron chi connectivity index (χ0n) is 25.4. The van der Waals surface area contributed by atoms with E-state index in [0.717, 1.165) is 35.7 Å². The van der Waals surface area contributed by atoms with E-state index in [9.17, 15) is 27.2 Å². The van der Waals surface area contributed by atoms with Crippen LogP contribution in [0, 0.1) is 0 Å². The summed E-state index contributed by atoms with van der Waals surface area (Å²) in [5.74, 6) is -4.73. The topological polar surface area (TPSA) is 142 Å². The van der Waals surface area contributed by atoms with Gasteiger partial charge in [0.1, 0.15) is 21.7 Å². The highest BCUT2D eigenvalue weighted by atomic mass is 32.1. The quantitative estimate of drug-likeness (QED) is 0.219. The molecule has 2 atom stereocenters. The highest BCUT2D eigenvalue weighted by Gasteiger charge is 2.45. The Balaban J connectivity index is 0.876. The molecule has 6 heterocycles. The van der Waals surface area contributed by atoms with Gasteiger partial charge in [0.2, 0.25) is 22.1 Å². The number of amides is 2. The molecule has 1 saturated carbocycles. The van der Waals surface area contributed by atoms with Crippen molar-refractivity contribution in [3.63, 3.8) is 0 Å². The molecule has 2 N–H and O–H groups in total. The van der Waals surface area contributed by atoms with E-state index in [1.807, 2.05) is 0 Å². The van der Waals surface area contributed by atoms with Gasteiger partial charge in [-0.3, -0.25) is 9.59 Å². The molecule has 4 aromatic rings. The molecular formula is C30H30F4N10O2S2. The van der Waals surface area contributed by atoms with Crippen LogP contribution in [-0.4, -0.2) is 80.2 Å². The van der Waals surface area contributed by atoms with Crippen molar-refractivity contribution in [3.05, 3.63) is 57.8 Å². The minimum atomic E-state index is -2.68. The molecule has 18 heteroatoms. The lowest BCUT2D eigenvalue weighted by molar-refractivity contribution is -0.116. The molecule has 2 aliphatic heterocycles. The number of hydrogen-bond donors (Lipinski definition) is 2. The molecule has 3 aliphatic rings. The van der Waals surface area contributed by atoms with Crippen LogP contribution in [0.15, 0.2) is 36.7 Å². The fourth-order valence-corrected chi connectivity index (χ4v) is 7.82. The maximum atomic E-state index is 13.1. The van der Waals surface area contributed by atoms with Crippen molar-refractivity contribution in [1.29, 1.82) is 0 Å². The van der Waals surface area contributed by atoms with Crippen LogP contribution in [0.5, 0.6) is 0 Å². The Kier molecular flexibility index (Phi) is 8.69. The van der Waals surface area contributed by atoms with Crippen molar-refractivity contribution < 1.29 is 27.2 Å². The molecule has 0 radical (unpaired) electrons. The van der Waals surface area contributed by atoms with Gasteiger partial charge in [-0.05, 0) is 42.5 Å². The van der Waals surface area contributed by atoms with Gasteiger partial charge in [0.15, 0.2) is 0 Å². The van der Waals surface area contributed by atoms with Gasteiger partial charge in [-0.1, -0.05) is 41.2 Å². The van der Waals surface area contributed by atoms with Gasteiger partial charge >= 0.3 is 0 Å². The van der Waals surface area contributed by atoms with Crippen molar-refractivity contribution in [3.8, 4) is 0 Å². The zero-order valence-corrected chi connectivity index (χ0v) is 27.0. The van der Waals surface area contributed by atoms with Gasteiger partial charge in [0, 0.05) is 24.2 Å². The normalized spacial score (nSPS) is 21.2. The third kappa shape index (κ3) is 7.53. The van der Waals surface area contributed by atoms with Gasteiger partial charge in [-0.2, -0.15) is 0 Å². The molecule has 0 aromatic carbocycles. The number of carbonyl (C=O) groups is 2. The van der Waals surface area contributed by atoms with E-state index in [2.05, 4.69) is 41.0 Å². The predicted octanol–water partition coefficient (Wildman–Crippen LogP) is 4.89. The number of rotatable bonds is 10. The van der Waals surface area contributed by atoms with E-state index < -0.39 is 11.8 Å². The van der Waals surface area contributed by atoms with E-state index in [4.69, 9.17) is 0 Å². The standard InChI is InChI=1S/C30H30F4N10O2S2/c31-29(32)13-43(14-29)21-6-4-17(11-35-21)8-23(45)37-27-41-39-25(47-27)19-2-1-3-20(10-19)26-40-42-28(48-26)38-24(46)9-18-5-7-22(36-12-18)44-15-30(33,34)16-44/h4-7,11-12,19-20H,1-3,8-10,13-16H2,(H,37,41,45)(H,38,42,46). The first-order valence-corrected chi connectivity index (χ1v) is 17.0. The SMILES string of the molecule is O=C(Cc1ccc(N2CC(F)(F)C2)nc1)Nc1nnc(C2CCCC(c3nnc(NC(=O)Cc4ccc(N5CC(F)(F)C5)nc4)s3)C2)s1. The molecule has 0 bridgehead atoms. The molecule has 1 aliphatic carbocycles. The third-order valence-corrected chi connectivity index (χ3v) is 10.4. The van der Waals surface area contributed by atoms with E-state index in [1.165, 1.54) is 44.9 Å². The van der Waals surface area contributed by atoms with Crippen LogP contribution in [0.1, 0.15) is 58.7 Å². The molecule has 7 rings (SSSR count). The maximum absolute atomic E-state index is 13.1. The molecule has 2 amide bonds. The average molecular weight is 703 g/mol. The molecule has 4 aromatic heterocycles. The summed E-state index contributed by atoms with van der Waals surface area (Å²) in [6, 6.07) is 6.68. The van der Waals surface area contributed by atoms with Crippen LogP contribution in [0.2, 0.25) is 0 Å². The van der Waals surface area contributed by atoms with E-state index in [-0.39, 0.29) is 62.7 Å². The number of anilines is 4. The first kappa shape index (κ1) is 32.2. The van der Waals surface area contributed by atoms with Gasteiger partial charge < -0.3 is 20.4 Å². The molecule has 2 saturated heterocycles. The highest BCUT2D eigenvalue weighted by molar-refractivity contribution is 7.15. The number of hydrogen-bond acceptors (Lipinski definition) is 12. The summed E-state index contributed by atoms with van der Waals surface area (Å²) in [6.07, 6.45) is 6.74. The third-order valence-electron chi connectivity index (χ3n) is 8.43. The van der Waals surface area contributed by atoms with Gasteiger partial charge in [0.05, 0.1) is 39.0 Å². The Morgan fingerprint density at radius 1 is 0.708 bits per heavy atom. The summed E-state index contributed by atoms with van der Waals surface area (Å²) < 4.78 is 52.5. The number of aromatic nitrogens is 6. The predicted molar refractivity (Wildman–Crippen MR) is 171 cm³/mol. The molecule has 48 heavy (non-hydrogen) atoms. The van der Waals surface area contributed by atoms with Crippen molar-refractivity contribution in [1.82, 2.24) is 30.4 Å². The Bertz CT molecular complexity index is 1640. The summed E-state index contributed by atoms with van der Waals surface area (Å²) in [5.41, 5.74) is 1.31. The van der Waals surface area contributed by atoms with E-state index in [1.54, 1.807) is 24.3 Å². The van der Waals surface area contributed by atoms with Crippen LogP contribution in [0.3, 0.4) is 0 Å². The fourth-order valence-electron chi connectivity index (χ4n) is 6.00. The summed E-state index contributed by atoms with van der Waals surface area (Å²) in [7, 11) is 0. The number of pyridine rings is 2. The number of halogens is 4. The summed E-state index contributed by atoms with van der Waals surface area (Å²) in [4.78, 5) is 36.7. The van der Waals surface area contributed by atoms with Crippen molar-refractivity contribution in [2.75, 3.05) is 46.6 Å². The minimum absolute atomic E-state index is 0.0609. The minimum Gasteiger partial charge on any atom is -0.344 e. The molecule has 0 spiro atoms. The lowest BCUT2D eigenvalue weighted by atomic mass is 9.82. The van der Waals surface area contributed by atoms with Crippen molar-refractivity contribution in [2.24, 2.45) is 0 Å². The molecule has 3 fully saturated rings.